The second-order valence-corrected chi connectivity index (χ2v) is 7.33. The lowest BCUT2D eigenvalue weighted by Crippen LogP contribution is -2.17. The Morgan fingerprint density at radius 3 is 2.58 bits per heavy atom. The molecule has 0 saturated heterocycles. The van der Waals surface area contributed by atoms with E-state index in [1.807, 2.05) is 41.1 Å². The van der Waals surface area contributed by atoms with Crippen LogP contribution in [0.1, 0.15) is 12.0 Å². The van der Waals surface area contributed by atoms with Crippen LogP contribution in [0.5, 0.6) is 0 Å². The topological polar surface area (TPSA) is 77.9 Å². The van der Waals surface area contributed by atoms with Crippen LogP contribution in [0.2, 0.25) is 0 Å². The zero-order valence-electron chi connectivity index (χ0n) is 16.9. The lowest BCUT2D eigenvalue weighted by atomic mass is 10.1. The maximum atomic E-state index is 15.4. The second kappa shape index (κ2) is 8.99. The molecule has 8 heteroatoms. The summed E-state index contributed by atoms with van der Waals surface area (Å²) >= 11 is 0. The number of nitrogens with one attached hydrogen (secondary N) is 1. The van der Waals surface area contributed by atoms with Crippen LogP contribution in [0.15, 0.2) is 66.1 Å². The van der Waals surface area contributed by atoms with E-state index in [0.717, 1.165) is 5.56 Å². The lowest BCUT2D eigenvalue weighted by Gasteiger charge is -2.17. The average Bonchev–Trinajstić information content (AvgIpc) is 3.30. The van der Waals surface area contributed by atoms with Gasteiger partial charge in [-0.25, -0.2) is 13.8 Å². The van der Waals surface area contributed by atoms with Gasteiger partial charge in [-0.1, -0.05) is 30.3 Å². The molecule has 0 radical (unpaired) electrons. The van der Waals surface area contributed by atoms with E-state index >= 15 is 4.39 Å². The third kappa shape index (κ3) is 4.28. The standard InChI is InChI=1S/C23H23F2N5O/c24-19-21(26)18-17(31)8-13-30(12-7-16-5-2-1-3-6-16)23(18)20(25)22(19)28-9-4-11-29-14-10-27-15-29/h1-3,5-6,8,10,13-15,28H,4,7,9,11-12,26H2. The van der Waals surface area contributed by atoms with Crippen molar-refractivity contribution >= 4 is 22.3 Å². The quantitative estimate of drug-likeness (QED) is 0.334. The van der Waals surface area contributed by atoms with Gasteiger partial charge < -0.3 is 20.2 Å². The van der Waals surface area contributed by atoms with Crippen molar-refractivity contribution in [1.82, 2.24) is 14.1 Å². The molecule has 2 aromatic carbocycles. The van der Waals surface area contributed by atoms with Crippen LogP contribution < -0.4 is 16.5 Å². The predicted molar refractivity (Wildman–Crippen MR) is 118 cm³/mol. The van der Waals surface area contributed by atoms with Crippen LogP contribution in [-0.2, 0) is 19.5 Å². The van der Waals surface area contributed by atoms with Gasteiger partial charge in [0, 0.05) is 44.3 Å². The van der Waals surface area contributed by atoms with Gasteiger partial charge in [-0.2, -0.15) is 0 Å². The van der Waals surface area contributed by atoms with E-state index in [1.165, 1.54) is 12.3 Å². The van der Waals surface area contributed by atoms with E-state index in [4.69, 9.17) is 5.73 Å². The van der Waals surface area contributed by atoms with Crippen LogP contribution in [0.4, 0.5) is 20.2 Å². The Bertz CT molecular complexity index is 1240. The molecule has 0 aliphatic carbocycles. The highest BCUT2D eigenvalue weighted by Gasteiger charge is 2.22. The summed E-state index contributed by atoms with van der Waals surface area (Å²) in [4.78, 5) is 16.3. The maximum Gasteiger partial charge on any atom is 0.191 e. The first-order valence-corrected chi connectivity index (χ1v) is 10.1. The molecule has 6 nitrogen and oxygen atoms in total. The van der Waals surface area contributed by atoms with E-state index in [-0.39, 0.29) is 22.3 Å². The molecule has 0 aliphatic rings. The van der Waals surface area contributed by atoms with Crippen LogP contribution in [0, 0.1) is 11.6 Å². The van der Waals surface area contributed by atoms with Gasteiger partial charge in [0.25, 0.3) is 0 Å². The summed E-state index contributed by atoms with van der Waals surface area (Å²) in [5.74, 6) is -1.75. The van der Waals surface area contributed by atoms with Crippen LogP contribution in [0.3, 0.4) is 0 Å². The summed E-state index contributed by atoms with van der Waals surface area (Å²) in [5.41, 5.74) is 5.87. The number of rotatable bonds is 8. The van der Waals surface area contributed by atoms with Crippen molar-refractivity contribution in [2.45, 2.75) is 25.9 Å². The lowest BCUT2D eigenvalue weighted by molar-refractivity contribution is 0.585. The molecular formula is C23H23F2N5O. The number of aryl methyl sites for hydroxylation is 3. The Balaban J connectivity index is 1.64. The largest absolute Gasteiger partial charge is 0.396 e. The minimum atomic E-state index is -0.939. The fraction of sp³-hybridized carbons (Fsp3) is 0.217. The van der Waals surface area contributed by atoms with Crippen LogP contribution in [-0.4, -0.2) is 20.7 Å². The van der Waals surface area contributed by atoms with Crippen molar-refractivity contribution in [3.63, 3.8) is 0 Å². The summed E-state index contributed by atoms with van der Waals surface area (Å²) in [6.45, 7) is 1.40. The Labute approximate surface area is 178 Å². The number of aromatic nitrogens is 3. The Kier molecular flexibility index (Phi) is 5.97. The maximum absolute atomic E-state index is 15.4. The van der Waals surface area contributed by atoms with Crippen molar-refractivity contribution in [3.8, 4) is 0 Å². The fourth-order valence-corrected chi connectivity index (χ4v) is 3.66. The molecule has 0 saturated carbocycles. The molecule has 31 heavy (non-hydrogen) atoms. The zero-order chi connectivity index (χ0) is 21.8. The number of nitrogens with two attached hydrogens (primary N) is 1. The fourth-order valence-electron chi connectivity index (χ4n) is 3.66. The first kappa shape index (κ1) is 20.6. The Morgan fingerprint density at radius 2 is 1.84 bits per heavy atom. The molecule has 0 aliphatic heterocycles. The molecule has 0 bridgehead atoms. The van der Waals surface area contributed by atoms with Crippen molar-refractivity contribution < 1.29 is 8.78 Å². The summed E-state index contributed by atoms with van der Waals surface area (Å²) in [6.07, 6.45) is 7.95. The highest BCUT2D eigenvalue weighted by molar-refractivity contribution is 5.94. The minimum Gasteiger partial charge on any atom is -0.396 e. The number of hydrogen-bond donors (Lipinski definition) is 2. The van der Waals surface area contributed by atoms with Gasteiger partial charge in [0.05, 0.1) is 22.9 Å². The van der Waals surface area contributed by atoms with Crippen molar-refractivity contribution in [2.24, 2.45) is 0 Å². The monoisotopic (exact) mass is 423 g/mol. The molecule has 2 aromatic heterocycles. The van der Waals surface area contributed by atoms with Gasteiger partial charge in [-0.3, -0.25) is 4.79 Å². The van der Waals surface area contributed by atoms with Gasteiger partial charge >= 0.3 is 0 Å². The summed E-state index contributed by atoms with van der Waals surface area (Å²) < 4.78 is 33.8. The van der Waals surface area contributed by atoms with E-state index in [1.54, 1.807) is 17.1 Å². The highest BCUT2D eigenvalue weighted by atomic mass is 19.1. The highest BCUT2D eigenvalue weighted by Crippen LogP contribution is 2.32. The van der Waals surface area contributed by atoms with Gasteiger partial charge in [0.15, 0.2) is 17.1 Å². The van der Waals surface area contributed by atoms with Crippen LogP contribution >= 0.6 is 0 Å². The van der Waals surface area contributed by atoms with Crippen molar-refractivity contribution in [1.29, 1.82) is 0 Å². The normalized spacial score (nSPS) is 11.2. The zero-order valence-corrected chi connectivity index (χ0v) is 16.9. The van der Waals surface area contributed by atoms with E-state index < -0.39 is 17.1 Å². The Morgan fingerprint density at radius 1 is 1.03 bits per heavy atom. The van der Waals surface area contributed by atoms with Crippen molar-refractivity contribution in [2.75, 3.05) is 17.6 Å². The predicted octanol–water partition coefficient (Wildman–Crippen LogP) is 3.80. The molecule has 3 N–H and O–H groups in total. The minimum absolute atomic E-state index is 0.0134. The Hall–Kier alpha value is -3.68. The summed E-state index contributed by atoms with van der Waals surface area (Å²) in [5, 5.41) is 2.69. The molecule has 0 amide bonds. The first-order chi connectivity index (χ1) is 15.1. The average molecular weight is 423 g/mol. The van der Waals surface area contributed by atoms with Gasteiger partial charge in [-0.15, -0.1) is 0 Å². The van der Waals surface area contributed by atoms with E-state index in [0.29, 0.717) is 32.5 Å². The smallest absolute Gasteiger partial charge is 0.191 e. The number of nitrogens with zero attached hydrogens (tertiary/aromatic N) is 3. The molecular weight excluding hydrogens is 400 g/mol. The third-order valence-electron chi connectivity index (χ3n) is 5.27. The number of pyridine rings is 1. The van der Waals surface area contributed by atoms with Gasteiger partial charge in [-0.05, 0) is 18.4 Å². The summed E-state index contributed by atoms with van der Waals surface area (Å²) in [7, 11) is 0. The molecule has 4 aromatic rings. The third-order valence-corrected chi connectivity index (χ3v) is 5.27. The van der Waals surface area contributed by atoms with E-state index in [9.17, 15) is 9.18 Å². The molecule has 0 spiro atoms. The molecule has 160 valence electrons. The SMILES string of the molecule is Nc1c(F)c(NCCCn2ccnc2)c(F)c2c1c(=O)ccn2CCc1ccccc1. The molecule has 2 heterocycles. The number of hydrogen-bond acceptors (Lipinski definition) is 4. The van der Waals surface area contributed by atoms with Gasteiger partial charge in [0.2, 0.25) is 0 Å². The number of nitrogen functional groups attached to an aromatic ring is 1. The van der Waals surface area contributed by atoms with Crippen LogP contribution in [0.25, 0.3) is 10.9 Å². The van der Waals surface area contributed by atoms with Crippen molar-refractivity contribution in [3.05, 3.63) is 88.7 Å². The number of anilines is 2. The summed E-state index contributed by atoms with van der Waals surface area (Å²) in [6, 6.07) is 11.0. The molecule has 4 rings (SSSR count). The number of halogens is 2. The number of fused-ring (bicyclic) bond motifs is 1. The molecule has 0 atom stereocenters. The van der Waals surface area contributed by atoms with Gasteiger partial charge in [0.1, 0.15) is 5.69 Å². The molecule has 0 unspecified atom stereocenters. The second-order valence-electron chi connectivity index (χ2n) is 7.33. The molecule has 0 fully saturated rings. The number of benzene rings is 2. The van der Waals surface area contributed by atoms with E-state index in [2.05, 4.69) is 10.3 Å². The number of imidazole rings is 1. The first-order valence-electron chi connectivity index (χ1n) is 10.1.